The zero-order valence-corrected chi connectivity index (χ0v) is 16.8. The number of benzene rings is 2. The van der Waals surface area contributed by atoms with Gasteiger partial charge in [0.1, 0.15) is 5.75 Å². The van der Waals surface area contributed by atoms with E-state index in [2.05, 4.69) is 15.0 Å². The Labute approximate surface area is 173 Å². The van der Waals surface area contributed by atoms with Crippen molar-refractivity contribution in [2.45, 2.75) is 13.5 Å². The van der Waals surface area contributed by atoms with Gasteiger partial charge in [0.15, 0.2) is 6.61 Å². The Hall–Kier alpha value is -3.06. The summed E-state index contributed by atoms with van der Waals surface area (Å²) in [6.07, 6.45) is 0. The molecule has 1 aliphatic rings. The Morgan fingerprint density at radius 1 is 1.10 bits per heavy atom. The van der Waals surface area contributed by atoms with Crippen molar-refractivity contribution in [1.82, 2.24) is 15.0 Å². The van der Waals surface area contributed by atoms with Crippen LogP contribution in [0.25, 0.3) is 0 Å². The maximum Gasteiger partial charge on any atom is 0.257 e. The normalized spacial score (nSPS) is 14.1. The molecule has 1 amide bonds. The number of hydrogen-bond acceptors (Lipinski definition) is 6. The quantitative estimate of drug-likeness (QED) is 0.638. The summed E-state index contributed by atoms with van der Waals surface area (Å²) in [4.78, 5) is 21.3. The summed E-state index contributed by atoms with van der Waals surface area (Å²) in [5.74, 6) is 1.37. The number of anilines is 1. The lowest BCUT2D eigenvalue weighted by atomic mass is 10.1. The van der Waals surface area contributed by atoms with E-state index < -0.39 is 0 Å². The Morgan fingerprint density at radius 3 is 2.55 bits per heavy atom. The highest BCUT2D eigenvalue weighted by Crippen LogP contribution is 2.27. The number of carbonyl (C=O) groups is 1. The highest BCUT2D eigenvalue weighted by Gasteiger charge is 2.25. The molecule has 0 N–H and O–H groups in total. The van der Waals surface area contributed by atoms with Crippen molar-refractivity contribution in [2.75, 3.05) is 31.1 Å². The molecule has 0 spiro atoms. The lowest BCUT2D eigenvalue weighted by Gasteiger charge is -2.36. The van der Waals surface area contributed by atoms with Gasteiger partial charge < -0.3 is 19.1 Å². The van der Waals surface area contributed by atoms with Gasteiger partial charge in [0.25, 0.3) is 5.91 Å². The molecule has 7 nitrogen and oxygen atoms in total. The smallest absolute Gasteiger partial charge is 0.257 e. The van der Waals surface area contributed by atoms with E-state index in [1.54, 1.807) is 19.1 Å². The van der Waals surface area contributed by atoms with Crippen molar-refractivity contribution < 1.29 is 14.1 Å². The van der Waals surface area contributed by atoms with Gasteiger partial charge in [-0.3, -0.25) is 4.79 Å². The Balaban J connectivity index is 1.42. The molecule has 150 valence electrons. The second-order valence-electron chi connectivity index (χ2n) is 6.75. The number of nitrogens with zero attached hydrogens (tertiary/aromatic N) is 4. The lowest BCUT2D eigenvalue weighted by Crippen LogP contribution is -2.49. The van der Waals surface area contributed by atoms with Crippen molar-refractivity contribution in [3.63, 3.8) is 0 Å². The first-order valence-electron chi connectivity index (χ1n) is 9.41. The molecule has 2 aromatic carbocycles. The summed E-state index contributed by atoms with van der Waals surface area (Å²) < 4.78 is 10.7. The minimum Gasteiger partial charge on any atom is -0.485 e. The summed E-state index contributed by atoms with van der Waals surface area (Å²) in [5, 5.41) is 4.54. The van der Waals surface area contributed by atoms with Gasteiger partial charge in [-0.05, 0) is 24.3 Å². The number of para-hydroxylation sites is 2. The van der Waals surface area contributed by atoms with Crippen LogP contribution in [0.3, 0.4) is 0 Å². The van der Waals surface area contributed by atoms with Crippen LogP contribution >= 0.6 is 11.6 Å². The molecule has 1 saturated heterocycles. The average molecular weight is 413 g/mol. The number of carbonyl (C=O) groups excluding carboxylic acids is 1. The Morgan fingerprint density at radius 2 is 1.83 bits per heavy atom. The zero-order chi connectivity index (χ0) is 20.2. The van der Waals surface area contributed by atoms with Crippen LogP contribution in [0.2, 0.25) is 5.02 Å². The average Bonchev–Trinajstić information content (AvgIpc) is 3.18. The van der Waals surface area contributed by atoms with E-state index in [-0.39, 0.29) is 12.5 Å². The van der Waals surface area contributed by atoms with Crippen LogP contribution in [0.4, 0.5) is 5.69 Å². The fourth-order valence-corrected chi connectivity index (χ4v) is 3.60. The minimum absolute atomic E-state index is 0.0521. The van der Waals surface area contributed by atoms with Crippen molar-refractivity contribution in [3.05, 3.63) is 70.8 Å². The van der Waals surface area contributed by atoms with E-state index in [1.165, 1.54) is 0 Å². The summed E-state index contributed by atoms with van der Waals surface area (Å²) in [7, 11) is 0. The van der Waals surface area contributed by atoms with Crippen LogP contribution in [0, 0.1) is 6.92 Å². The van der Waals surface area contributed by atoms with Gasteiger partial charge in [-0.25, -0.2) is 0 Å². The molecular formula is C21H21ClN4O3. The van der Waals surface area contributed by atoms with Gasteiger partial charge >= 0.3 is 0 Å². The highest BCUT2D eigenvalue weighted by molar-refractivity contribution is 6.33. The van der Waals surface area contributed by atoms with Crippen LogP contribution in [0.15, 0.2) is 53.1 Å². The molecule has 1 aliphatic heterocycles. The first kappa shape index (κ1) is 19.3. The SMILES string of the molecule is Cc1nc(COc2ccccc2C(=O)N2CCN(c3ccccc3Cl)CC2)no1. The van der Waals surface area contributed by atoms with E-state index in [4.69, 9.17) is 20.9 Å². The second kappa shape index (κ2) is 8.53. The molecule has 0 bridgehead atoms. The fraction of sp³-hybridized carbons (Fsp3) is 0.286. The number of aryl methyl sites for hydroxylation is 1. The molecule has 1 fully saturated rings. The van der Waals surface area contributed by atoms with Gasteiger partial charge in [0.05, 0.1) is 16.3 Å². The van der Waals surface area contributed by atoms with Crippen LogP contribution in [0.1, 0.15) is 22.1 Å². The van der Waals surface area contributed by atoms with Crippen LogP contribution < -0.4 is 9.64 Å². The van der Waals surface area contributed by atoms with Crippen LogP contribution in [0.5, 0.6) is 5.75 Å². The molecule has 0 atom stereocenters. The third-order valence-corrected chi connectivity index (χ3v) is 5.12. The maximum absolute atomic E-state index is 13.1. The van der Waals surface area contributed by atoms with Crippen LogP contribution in [-0.2, 0) is 6.61 Å². The van der Waals surface area contributed by atoms with Gasteiger partial charge in [-0.2, -0.15) is 4.98 Å². The summed E-state index contributed by atoms with van der Waals surface area (Å²) in [6.45, 7) is 4.53. The number of ether oxygens (including phenoxy) is 1. The summed E-state index contributed by atoms with van der Waals surface area (Å²) >= 11 is 6.30. The topological polar surface area (TPSA) is 71.7 Å². The molecule has 4 rings (SSSR count). The molecule has 2 heterocycles. The van der Waals surface area contributed by atoms with E-state index in [0.29, 0.717) is 36.1 Å². The minimum atomic E-state index is -0.0521. The number of amides is 1. The monoisotopic (exact) mass is 412 g/mol. The molecule has 0 saturated carbocycles. The molecule has 1 aromatic heterocycles. The molecule has 8 heteroatoms. The third-order valence-electron chi connectivity index (χ3n) is 4.80. The maximum atomic E-state index is 13.1. The van der Waals surface area contributed by atoms with Crippen molar-refractivity contribution in [2.24, 2.45) is 0 Å². The number of piperazine rings is 1. The predicted molar refractivity (Wildman–Crippen MR) is 109 cm³/mol. The first-order valence-corrected chi connectivity index (χ1v) is 9.79. The molecule has 0 unspecified atom stereocenters. The highest BCUT2D eigenvalue weighted by atomic mass is 35.5. The third kappa shape index (κ3) is 4.35. The van der Waals surface area contributed by atoms with Gasteiger partial charge in [-0.15, -0.1) is 0 Å². The first-order chi connectivity index (χ1) is 14.1. The van der Waals surface area contributed by atoms with E-state index in [9.17, 15) is 4.79 Å². The molecule has 3 aromatic rings. The van der Waals surface area contributed by atoms with Crippen LogP contribution in [-0.4, -0.2) is 47.1 Å². The fourth-order valence-electron chi connectivity index (χ4n) is 3.34. The summed E-state index contributed by atoms with van der Waals surface area (Å²) in [6, 6.07) is 15.0. The molecule has 0 aliphatic carbocycles. The van der Waals surface area contributed by atoms with E-state index in [0.717, 1.165) is 23.8 Å². The number of aromatic nitrogens is 2. The van der Waals surface area contributed by atoms with Gasteiger partial charge in [0.2, 0.25) is 11.7 Å². The molecule has 29 heavy (non-hydrogen) atoms. The van der Waals surface area contributed by atoms with Crippen molar-refractivity contribution >= 4 is 23.2 Å². The number of hydrogen-bond donors (Lipinski definition) is 0. The van der Waals surface area contributed by atoms with Gasteiger partial charge in [0, 0.05) is 33.1 Å². The van der Waals surface area contributed by atoms with E-state index in [1.807, 2.05) is 41.3 Å². The second-order valence-corrected chi connectivity index (χ2v) is 7.15. The van der Waals surface area contributed by atoms with Crippen molar-refractivity contribution in [3.8, 4) is 5.75 Å². The summed E-state index contributed by atoms with van der Waals surface area (Å²) in [5.41, 5.74) is 1.53. The van der Waals surface area contributed by atoms with E-state index >= 15 is 0 Å². The largest absolute Gasteiger partial charge is 0.485 e. The number of rotatable bonds is 5. The lowest BCUT2D eigenvalue weighted by molar-refractivity contribution is 0.0741. The predicted octanol–water partition coefficient (Wildman–Crippen LogP) is 3.57. The molecular weight excluding hydrogens is 392 g/mol. The standard InChI is InChI=1S/C21H21ClN4O3/c1-15-23-20(24-29-15)14-28-19-9-5-2-6-16(19)21(27)26-12-10-25(11-13-26)18-8-4-3-7-17(18)22/h2-9H,10-14H2,1H3. The molecule has 0 radical (unpaired) electrons. The van der Waals surface area contributed by atoms with Gasteiger partial charge in [-0.1, -0.05) is 41.0 Å². The Bertz CT molecular complexity index is 999. The van der Waals surface area contributed by atoms with Crippen molar-refractivity contribution in [1.29, 1.82) is 0 Å². The zero-order valence-electron chi connectivity index (χ0n) is 16.0. The Kier molecular flexibility index (Phi) is 5.67. The number of halogens is 1.